The van der Waals surface area contributed by atoms with Crippen molar-refractivity contribution in [3.63, 3.8) is 0 Å². The number of phenols is 1. The van der Waals surface area contributed by atoms with Gasteiger partial charge in [-0.25, -0.2) is 4.79 Å². The van der Waals surface area contributed by atoms with Crippen LogP contribution >= 0.6 is 0 Å². The van der Waals surface area contributed by atoms with Crippen molar-refractivity contribution in [2.24, 2.45) is 11.8 Å². The molecule has 28 heavy (non-hydrogen) atoms. The number of rotatable bonds is 1. The largest absolute Gasteiger partial charge is 0.508 e. The van der Waals surface area contributed by atoms with E-state index < -0.39 is 23.0 Å². The molecule has 5 atom stereocenters. The Hall–Kier alpha value is -2.80. The van der Waals surface area contributed by atoms with Gasteiger partial charge >= 0.3 is 5.97 Å². The average Bonchev–Trinajstić information content (AvgIpc) is 3.39. The van der Waals surface area contributed by atoms with Crippen LogP contribution in [0.15, 0.2) is 30.4 Å². The van der Waals surface area contributed by atoms with E-state index in [2.05, 4.69) is 4.98 Å². The molecule has 144 valence electrons. The number of nitrogens with zero attached hydrogens (tertiary/aromatic N) is 1. The van der Waals surface area contributed by atoms with E-state index in [9.17, 15) is 14.7 Å². The van der Waals surface area contributed by atoms with Gasteiger partial charge in [-0.15, -0.1) is 0 Å². The summed E-state index contributed by atoms with van der Waals surface area (Å²) in [5.41, 5.74) is -0.130. The minimum atomic E-state index is -1.39. The summed E-state index contributed by atoms with van der Waals surface area (Å²) in [6.07, 6.45) is 4.30. The van der Waals surface area contributed by atoms with E-state index in [1.165, 1.54) is 7.11 Å². The van der Waals surface area contributed by atoms with Gasteiger partial charge in [-0.2, -0.15) is 0 Å². The molecule has 2 aromatic rings. The lowest BCUT2D eigenvalue weighted by molar-refractivity contribution is -0.172. The maximum Gasteiger partial charge on any atom is 0.341 e. The number of esters is 1. The Bertz CT molecular complexity index is 1100. The van der Waals surface area contributed by atoms with E-state index in [1.54, 1.807) is 17.0 Å². The number of phenolic OH excluding ortho intramolecular Hbond substituents is 1. The molecule has 7 heteroatoms. The minimum Gasteiger partial charge on any atom is -0.508 e. The fraction of sp³-hybridized carbons (Fsp3) is 0.429. The van der Waals surface area contributed by atoms with E-state index >= 15 is 0 Å². The molecule has 0 saturated carbocycles. The highest BCUT2D eigenvalue weighted by atomic mass is 16.5. The first kappa shape index (κ1) is 16.2. The van der Waals surface area contributed by atoms with Crippen molar-refractivity contribution in [2.75, 3.05) is 13.7 Å². The Morgan fingerprint density at radius 3 is 3.04 bits per heavy atom. The minimum absolute atomic E-state index is 0.0125. The van der Waals surface area contributed by atoms with E-state index in [0.29, 0.717) is 18.7 Å². The second-order valence-corrected chi connectivity index (χ2v) is 8.22. The molecule has 4 aliphatic heterocycles. The third kappa shape index (κ3) is 1.44. The van der Waals surface area contributed by atoms with Gasteiger partial charge in [0.05, 0.1) is 24.8 Å². The number of methoxy groups -OCH3 is 1. The maximum absolute atomic E-state index is 13.5. The van der Waals surface area contributed by atoms with Crippen molar-refractivity contribution in [1.82, 2.24) is 9.88 Å². The third-order valence-electron chi connectivity index (χ3n) is 7.19. The molecule has 4 aliphatic rings. The molecule has 1 aromatic heterocycles. The molecule has 0 unspecified atom stereocenters. The molecule has 1 spiro atoms. The molecule has 2 bridgehead atoms. The lowest BCUT2D eigenvalue weighted by Crippen LogP contribution is -2.63. The van der Waals surface area contributed by atoms with Crippen LogP contribution in [0.4, 0.5) is 0 Å². The normalized spacial score (nSPS) is 37.3. The van der Waals surface area contributed by atoms with Crippen LogP contribution in [0.1, 0.15) is 18.2 Å². The number of H-pyrrole nitrogens is 1. The number of amides is 1. The number of hydrogen-bond donors (Lipinski definition) is 2. The number of carbonyl (C=O) groups excluding carboxylic acids is 2. The smallest absolute Gasteiger partial charge is 0.341 e. The number of aromatic amines is 1. The van der Waals surface area contributed by atoms with E-state index in [1.807, 2.05) is 25.1 Å². The summed E-state index contributed by atoms with van der Waals surface area (Å²) in [5.74, 6) is -0.856. The molecular formula is C21H20N2O5. The SMILES string of the molecule is COC(=O)[C@]12c3[nH]c4cc(O)ccc4c3CCN1C(=O)[C@H]1[C@H](C)[C@@H]3C=C[C@@]12O3. The zero-order valence-corrected chi connectivity index (χ0v) is 15.6. The monoisotopic (exact) mass is 380 g/mol. The van der Waals surface area contributed by atoms with Gasteiger partial charge in [0.1, 0.15) is 11.4 Å². The Morgan fingerprint density at radius 2 is 2.25 bits per heavy atom. The van der Waals surface area contributed by atoms with Crippen LogP contribution in [-0.2, 0) is 31.0 Å². The number of fused-ring (bicyclic) bond motifs is 6. The molecule has 0 aliphatic carbocycles. The van der Waals surface area contributed by atoms with Crippen LogP contribution in [-0.4, -0.2) is 52.2 Å². The van der Waals surface area contributed by atoms with Gasteiger partial charge in [-0.3, -0.25) is 4.79 Å². The number of hydrogen-bond acceptors (Lipinski definition) is 5. The van der Waals surface area contributed by atoms with Gasteiger partial charge in [-0.1, -0.05) is 19.1 Å². The van der Waals surface area contributed by atoms with Crippen molar-refractivity contribution in [2.45, 2.75) is 30.6 Å². The number of ether oxygens (including phenoxy) is 2. The van der Waals surface area contributed by atoms with Crippen LogP contribution in [0, 0.1) is 11.8 Å². The van der Waals surface area contributed by atoms with Crippen LogP contribution in [0.25, 0.3) is 10.9 Å². The maximum atomic E-state index is 13.5. The fourth-order valence-corrected chi connectivity index (χ4v) is 6.13. The van der Waals surface area contributed by atoms with Gasteiger partial charge in [-0.05, 0) is 24.1 Å². The molecular weight excluding hydrogens is 360 g/mol. The number of aromatic hydroxyl groups is 1. The second-order valence-electron chi connectivity index (χ2n) is 8.22. The molecule has 7 nitrogen and oxygen atoms in total. The molecule has 2 saturated heterocycles. The second kappa shape index (κ2) is 4.78. The van der Waals surface area contributed by atoms with Gasteiger partial charge < -0.3 is 24.5 Å². The number of aromatic nitrogens is 1. The zero-order chi connectivity index (χ0) is 19.4. The highest BCUT2D eigenvalue weighted by molar-refractivity contribution is 6.01. The third-order valence-corrected chi connectivity index (χ3v) is 7.19. The summed E-state index contributed by atoms with van der Waals surface area (Å²) in [6.45, 7) is 2.42. The Balaban J connectivity index is 1.73. The molecule has 2 N–H and O–H groups in total. The van der Waals surface area contributed by atoms with Crippen molar-refractivity contribution < 1.29 is 24.2 Å². The summed E-state index contributed by atoms with van der Waals surface area (Å²) in [7, 11) is 1.35. The van der Waals surface area contributed by atoms with E-state index in [0.717, 1.165) is 16.5 Å². The predicted molar refractivity (Wildman–Crippen MR) is 98.5 cm³/mol. The summed E-state index contributed by atoms with van der Waals surface area (Å²) in [4.78, 5) is 31.9. The van der Waals surface area contributed by atoms with Gasteiger partial charge in [0.2, 0.25) is 11.4 Å². The van der Waals surface area contributed by atoms with Gasteiger partial charge in [0.25, 0.3) is 0 Å². The van der Waals surface area contributed by atoms with E-state index in [4.69, 9.17) is 9.47 Å². The highest BCUT2D eigenvalue weighted by Crippen LogP contribution is 2.64. The highest BCUT2D eigenvalue weighted by Gasteiger charge is 2.80. The lowest BCUT2D eigenvalue weighted by atomic mass is 9.67. The summed E-state index contributed by atoms with van der Waals surface area (Å²) in [6, 6.07) is 5.12. The predicted octanol–water partition coefficient (Wildman–Crippen LogP) is 1.60. The first-order valence-electron chi connectivity index (χ1n) is 9.57. The molecule has 0 radical (unpaired) electrons. The average molecular weight is 380 g/mol. The van der Waals surface area contributed by atoms with Crippen molar-refractivity contribution in [3.8, 4) is 5.75 Å². The molecule has 1 aromatic carbocycles. The van der Waals surface area contributed by atoms with Crippen molar-refractivity contribution in [1.29, 1.82) is 0 Å². The number of benzene rings is 1. The quantitative estimate of drug-likeness (QED) is 0.579. The molecule has 1 amide bonds. The van der Waals surface area contributed by atoms with Crippen molar-refractivity contribution >= 4 is 22.8 Å². The molecule has 5 heterocycles. The molecule has 6 rings (SSSR count). The van der Waals surface area contributed by atoms with Crippen LogP contribution in [0.3, 0.4) is 0 Å². The topological polar surface area (TPSA) is 91.9 Å². The first-order chi connectivity index (χ1) is 13.5. The fourth-order valence-electron chi connectivity index (χ4n) is 6.13. The summed E-state index contributed by atoms with van der Waals surface area (Å²) < 4.78 is 11.7. The number of nitrogens with one attached hydrogen (secondary N) is 1. The van der Waals surface area contributed by atoms with Crippen LogP contribution in [0.2, 0.25) is 0 Å². The van der Waals surface area contributed by atoms with Gasteiger partial charge in [0.15, 0.2) is 0 Å². The molecule has 2 fully saturated rings. The van der Waals surface area contributed by atoms with Crippen molar-refractivity contribution in [3.05, 3.63) is 41.6 Å². The van der Waals surface area contributed by atoms with Crippen LogP contribution < -0.4 is 0 Å². The Morgan fingerprint density at radius 1 is 1.43 bits per heavy atom. The standard InChI is InChI=1S/C21H20N2O5/c1-10-15-5-7-20(28-15)16(10)18(25)23-8-6-13-12-4-3-11(24)9-14(12)22-17(13)21(20,23)19(26)27-2/h3-5,7,9-10,15-16,22,24H,6,8H2,1-2H3/t10-,15+,16-,20-,21+/m1/s1. The number of carbonyl (C=O) groups is 2. The van der Waals surface area contributed by atoms with Crippen LogP contribution in [0.5, 0.6) is 5.75 Å². The summed E-state index contributed by atoms with van der Waals surface area (Å²) in [5, 5.41) is 10.9. The zero-order valence-electron chi connectivity index (χ0n) is 15.6. The lowest BCUT2D eigenvalue weighted by Gasteiger charge is -2.46. The Labute approximate surface area is 160 Å². The van der Waals surface area contributed by atoms with Gasteiger partial charge in [0, 0.05) is 29.4 Å². The van der Waals surface area contributed by atoms with E-state index in [-0.39, 0.29) is 23.7 Å². The first-order valence-corrected chi connectivity index (χ1v) is 9.57. The Kier molecular flexibility index (Phi) is 2.76. The summed E-state index contributed by atoms with van der Waals surface area (Å²) >= 11 is 0.